The van der Waals surface area contributed by atoms with Gasteiger partial charge in [-0.1, -0.05) is 0 Å². The van der Waals surface area contributed by atoms with Gasteiger partial charge in [0.15, 0.2) is 5.78 Å². The summed E-state index contributed by atoms with van der Waals surface area (Å²) in [6, 6.07) is 1.76. The number of carbonyl (C=O) groups is 3. The van der Waals surface area contributed by atoms with E-state index in [9.17, 15) is 14.4 Å². The smallest absolute Gasteiger partial charge is 0.224 e. The Bertz CT molecular complexity index is 524. The van der Waals surface area contributed by atoms with E-state index in [1.165, 1.54) is 18.3 Å². The van der Waals surface area contributed by atoms with Crippen LogP contribution < -0.4 is 5.32 Å². The molecule has 1 saturated heterocycles. The van der Waals surface area contributed by atoms with Gasteiger partial charge in [0.25, 0.3) is 0 Å². The van der Waals surface area contributed by atoms with Gasteiger partial charge in [-0.25, -0.2) is 0 Å². The van der Waals surface area contributed by atoms with Crippen LogP contribution in [0.4, 0.5) is 0 Å². The third-order valence-corrected chi connectivity index (χ3v) is 4.32. The van der Waals surface area contributed by atoms with Crippen LogP contribution in [0, 0.1) is 0 Å². The van der Waals surface area contributed by atoms with E-state index in [4.69, 9.17) is 0 Å². The number of carbonyl (C=O) groups excluding carboxylic acids is 3. The monoisotopic (exact) mass is 294 g/mol. The topological polar surface area (TPSA) is 66.5 Å². The van der Waals surface area contributed by atoms with E-state index in [1.807, 2.05) is 5.38 Å². The van der Waals surface area contributed by atoms with Gasteiger partial charge in [-0.2, -0.15) is 0 Å². The number of hydrogen-bond acceptors (Lipinski definition) is 4. The van der Waals surface area contributed by atoms with Gasteiger partial charge in [-0.15, -0.1) is 11.3 Å². The van der Waals surface area contributed by atoms with Crippen molar-refractivity contribution in [1.29, 1.82) is 0 Å². The normalized spacial score (nSPS) is 14.7. The van der Waals surface area contributed by atoms with Crippen LogP contribution >= 0.6 is 11.3 Å². The number of likely N-dealkylation sites (tertiary alicyclic amines) is 1. The summed E-state index contributed by atoms with van der Waals surface area (Å²) >= 11 is 1.36. The molecule has 20 heavy (non-hydrogen) atoms. The molecule has 1 fully saturated rings. The zero-order valence-corrected chi connectivity index (χ0v) is 12.3. The Morgan fingerprint density at radius 3 is 2.85 bits per heavy atom. The van der Waals surface area contributed by atoms with Crippen LogP contribution in [0.3, 0.4) is 0 Å². The minimum absolute atomic E-state index is 0.0224. The quantitative estimate of drug-likeness (QED) is 0.803. The second-order valence-electron chi connectivity index (χ2n) is 4.89. The van der Waals surface area contributed by atoms with Crippen LogP contribution in [0.2, 0.25) is 0 Å². The van der Waals surface area contributed by atoms with Gasteiger partial charge >= 0.3 is 0 Å². The summed E-state index contributed by atoms with van der Waals surface area (Å²) in [7, 11) is 0. The third kappa shape index (κ3) is 3.90. The Kier molecular flexibility index (Phi) is 4.89. The molecule has 0 aromatic carbocycles. The maximum Gasteiger partial charge on any atom is 0.224 e. The SMILES string of the molecule is CC(=O)c1cc(CC(=O)NCCN2CCCC2=O)cs1. The molecule has 0 saturated carbocycles. The number of thiophene rings is 1. The molecule has 2 amide bonds. The zero-order valence-electron chi connectivity index (χ0n) is 11.5. The average molecular weight is 294 g/mol. The van der Waals surface area contributed by atoms with E-state index in [0.29, 0.717) is 24.4 Å². The maximum atomic E-state index is 11.8. The average Bonchev–Trinajstić information content (AvgIpc) is 2.99. The molecule has 1 aliphatic heterocycles. The lowest BCUT2D eigenvalue weighted by Crippen LogP contribution is -2.36. The van der Waals surface area contributed by atoms with Gasteiger partial charge in [0.05, 0.1) is 11.3 Å². The van der Waals surface area contributed by atoms with Gasteiger partial charge in [-0.05, 0) is 30.4 Å². The highest BCUT2D eigenvalue weighted by atomic mass is 32.1. The van der Waals surface area contributed by atoms with Crippen LogP contribution in [-0.4, -0.2) is 42.1 Å². The zero-order chi connectivity index (χ0) is 14.5. The Labute approximate surface area is 122 Å². The molecule has 2 heterocycles. The van der Waals surface area contributed by atoms with Crippen molar-refractivity contribution in [1.82, 2.24) is 10.2 Å². The predicted molar refractivity (Wildman–Crippen MR) is 76.9 cm³/mol. The first-order valence-electron chi connectivity index (χ1n) is 6.69. The van der Waals surface area contributed by atoms with Crippen molar-refractivity contribution in [2.75, 3.05) is 19.6 Å². The molecule has 0 spiro atoms. The second kappa shape index (κ2) is 6.65. The molecule has 0 unspecified atom stereocenters. The summed E-state index contributed by atoms with van der Waals surface area (Å²) in [4.78, 5) is 36.8. The highest BCUT2D eigenvalue weighted by Crippen LogP contribution is 2.15. The number of hydrogen-bond donors (Lipinski definition) is 1. The summed E-state index contributed by atoms with van der Waals surface area (Å²) in [5.41, 5.74) is 0.856. The molecule has 1 aliphatic rings. The second-order valence-corrected chi connectivity index (χ2v) is 5.80. The largest absolute Gasteiger partial charge is 0.354 e. The van der Waals surface area contributed by atoms with Gasteiger partial charge in [0.2, 0.25) is 11.8 Å². The Balaban J connectivity index is 1.72. The van der Waals surface area contributed by atoms with E-state index in [0.717, 1.165) is 18.5 Å². The molecule has 5 nitrogen and oxygen atoms in total. The molecule has 108 valence electrons. The van der Waals surface area contributed by atoms with E-state index in [2.05, 4.69) is 5.32 Å². The Morgan fingerprint density at radius 2 is 2.25 bits per heavy atom. The molecule has 1 N–H and O–H groups in total. The summed E-state index contributed by atoms with van der Waals surface area (Å²) in [5.74, 6) is 0.113. The molecule has 6 heteroatoms. The number of ketones is 1. The lowest BCUT2D eigenvalue weighted by molar-refractivity contribution is -0.128. The maximum absolute atomic E-state index is 11.8. The van der Waals surface area contributed by atoms with Crippen LogP contribution in [0.1, 0.15) is 35.0 Å². The highest BCUT2D eigenvalue weighted by molar-refractivity contribution is 7.12. The number of nitrogens with zero attached hydrogens (tertiary/aromatic N) is 1. The number of nitrogens with one attached hydrogen (secondary N) is 1. The van der Waals surface area contributed by atoms with Crippen LogP contribution in [0.15, 0.2) is 11.4 Å². The van der Waals surface area contributed by atoms with Crippen LogP contribution in [0.25, 0.3) is 0 Å². The molecule has 0 atom stereocenters. The number of Topliss-reactive ketones (excluding diaryl/α,β-unsaturated/α-hetero) is 1. The predicted octanol–water partition coefficient (Wildman–Crippen LogP) is 1.23. The van der Waals surface area contributed by atoms with E-state index in [1.54, 1.807) is 11.0 Å². The Morgan fingerprint density at radius 1 is 1.45 bits per heavy atom. The molecule has 0 bridgehead atoms. The summed E-state index contributed by atoms with van der Waals surface area (Å²) in [5, 5.41) is 4.64. The molecule has 0 aliphatic carbocycles. The molecule has 2 rings (SSSR count). The number of rotatable bonds is 6. The first-order chi connectivity index (χ1) is 9.56. The van der Waals surface area contributed by atoms with Gasteiger partial charge in [-0.3, -0.25) is 14.4 Å². The standard InChI is InChI=1S/C14H18N2O3S/c1-10(17)12-7-11(9-20-12)8-13(18)15-4-6-16-5-2-3-14(16)19/h7,9H,2-6,8H2,1H3,(H,15,18). The molecule has 1 aromatic heterocycles. The van der Waals surface area contributed by atoms with Crippen molar-refractivity contribution in [3.63, 3.8) is 0 Å². The first-order valence-corrected chi connectivity index (χ1v) is 7.57. The molecule has 1 aromatic rings. The molecular formula is C14H18N2O3S. The van der Waals surface area contributed by atoms with Crippen molar-refractivity contribution in [3.05, 3.63) is 21.9 Å². The van der Waals surface area contributed by atoms with Crippen LogP contribution in [-0.2, 0) is 16.0 Å². The first kappa shape index (κ1) is 14.7. The fraction of sp³-hybridized carbons (Fsp3) is 0.500. The van der Waals surface area contributed by atoms with Crippen molar-refractivity contribution in [2.24, 2.45) is 0 Å². The summed E-state index contributed by atoms with van der Waals surface area (Å²) in [6.45, 7) is 3.37. The van der Waals surface area contributed by atoms with Crippen molar-refractivity contribution in [3.8, 4) is 0 Å². The molecular weight excluding hydrogens is 276 g/mol. The van der Waals surface area contributed by atoms with E-state index < -0.39 is 0 Å². The van der Waals surface area contributed by atoms with E-state index >= 15 is 0 Å². The minimum Gasteiger partial charge on any atom is -0.354 e. The lowest BCUT2D eigenvalue weighted by Gasteiger charge is -2.15. The van der Waals surface area contributed by atoms with Gasteiger partial charge < -0.3 is 10.2 Å². The van der Waals surface area contributed by atoms with Crippen molar-refractivity contribution >= 4 is 28.9 Å². The lowest BCUT2D eigenvalue weighted by atomic mass is 10.2. The summed E-state index contributed by atoms with van der Waals surface area (Å²) < 4.78 is 0. The number of amides is 2. The highest BCUT2D eigenvalue weighted by Gasteiger charge is 2.19. The molecule has 0 radical (unpaired) electrons. The van der Waals surface area contributed by atoms with Gasteiger partial charge in [0, 0.05) is 26.1 Å². The van der Waals surface area contributed by atoms with E-state index in [-0.39, 0.29) is 24.0 Å². The fourth-order valence-electron chi connectivity index (χ4n) is 2.17. The summed E-state index contributed by atoms with van der Waals surface area (Å²) in [6.07, 6.45) is 1.81. The van der Waals surface area contributed by atoms with Crippen molar-refractivity contribution < 1.29 is 14.4 Å². The van der Waals surface area contributed by atoms with Crippen molar-refractivity contribution in [2.45, 2.75) is 26.2 Å². The van der Waals surface area contributed by atoms with Gasteiger partial charge in [0.1, 0.15) is 0 Å². The van der Waals surface area contributed by atoms with Crippen LogP contribution in [0.5, 0.6) is 0 Å². The Hall–Kier alpha value is -1.69. The third-order valence-electron chi connectivity index (χ3n) is 3.24. The fourth-order valence-corrected chi connectivity index (χ4v) is 2.99. The minimum atomic E-state index is -0.0791.